The number of anilines is 3. The van der Waals surface area contributed by atoms with Gasteiger partial charge >= 0.3 is 0 Å². The van der Waals surface area contributed by atoms with Gasteiger partial charge in [-0.25, -0.2) is 0 Å². The maximum absolute atomic E-state index is 2.39. The second kappa shape index (κ2) is 12.7. The molecule has 0 saturated carbocycles. The van der Waals surface area contributed by atoms with E-state index in [-0.39, 0.29) is 0 Å². The lowest BCUT2D eigenvalue weighted by atomic mass is 9.94. The number of fused-ring (bicyclic) bond motifs is 5. The lowest BCUT2D eigenvalue weighted by molar-refractivity contribution is 1.29. The monoisotopic (exact) mass is 679 g/mol. The minimum Gasteiger partial charge on any atom is -0.310 e. The summed E-state index contributed by atoms with van der Waals surface area (Å²) in [6.45, 7) is 0. The van der Waals surface area contributed by atoms with Gasteiger partial charge in [0.15, 0.2) is 0 Å². The van der Waals surface area contributed by atoms with Crippen LogP contribution in [-0.2, 0) is 0 Å². The molecule has 0 unspecified atom stereocenters. The summed E-state index contributed by atoms with van der Waals surface area (Å²) < 4.78 is 2.60. The predicted molar refractivity (Wildman–Crippen MR) is 225 cm³/mol. The molecule has 0 fully saturated rings. The van der Waals surface area contributed by atoms with Crippen LogP contribution in [0.1, 0.15) is 0 Å². The Hall–Kier alpha value is -6.48. The molecular weight excluding hydrogens is 647 g/mol. The Morgan fingerprint density at radius 3 is 1.56 bits per heavy atom. The van der Waals surface area contributed by atoms with Crippen molar-refractivity contribution in [3.63, 3.8) is 0 Å². The first kappa shape index (κ1) is 30.4. The largest absolute Gasteiger partial charge is 0.310 e. The molecule has 1 nitrogen and oxygen atoms in total. The third kappa shape index (κ3) is 5.33. The molecule has 0 spiro atoms. The van der Waals surface area contributed by atoms with E-state index in [0.717, 1.165) is 17.1 Å². The van der Waals surface area contributed by atoms with Crippen molar-refractivity contribution in [2.75, 3.05) is 4.90 Å². The van der Waals surface area contributed by atoms with Gasteiger partial charge in [0.05, 0.1) is 0 Å². The van der Waals surface area contributed by atoms with Crippen molar-refractivity contribution in [2.45, 2.75) is 0 Å². The van der Waals surface area contributed by atoms with E-state index in [4.69, 9.17) is 0 Å². The predicted octanol–water partition coefficient (Wildman–Crippen LogP) is 14.8. The van der Waals surface area contributed by atoms with Crippen molar-refractivity contribution in [1.29, 1.82) is 0 Å². The summed E-state index contributed by atoms with van der Waals surface area (Å²) in [5, 5.41) is 7.64. The van der Waals surface area contributed by atoms with Crippen LogP contribution in [0.2, 0.25) is 0 Å². The first-order valence-corrected chi connectivity index (χ1v) is 18.6. The summed E-state index contributed by atoms with van der Waals surface area (Å²) in [7, 11) is 0. The Kier molecular flexibility index (Phi) is 7.41. The highest BCUT2D eigenvalue weighted by molar-refractivity contribution is 7.25. The molecule has 10 rings (SSSR count). The van der Waals surface area contributed by atoms with Gasteiger partial charge in [-0.3, -0.25) is 0 Å². The van der Waals surface area contributed by atoms with Crippen molar-refractivity contribution in [3.05, 3.63) is 200 Å². The zero-order valence-electron chi connectivity index (χ0n) is 28.4. The Bertz CT molecular complexity index is 2880. The van der Waals surface area contributed by atoms with Crippen molar-refractivity contribution >= 4 is 70.1 Å². The summed E-state index contributed by atoms with van der Waals surface area (Å²) in [5.41, 5.74) is 10.7. The van der Waals surface area contributed by atoms with Crippen LogP contribution in [0, 0.1) is 0 Å². The van der Waals surface area contributed by atoms with Gasteiger partial charge in [0.2, 0.25) is 0 Å². The molecule has 0 aliphatic carbocycles. The minimum atomic E-state index is 1.12. The fourth-order valence-corrected chi connectivity index (χ4v) is 8.83. The molecule has 1 heterocycles. The van der Waals surface area contributed by atoms with E-state index >= 15 is 0 Å². The molecule has 1 aromatic heterocycles. The molecule has 0 aliphatic heterocycles. The van der Waals surface area contributed by atoms with E-state index < -0.39 is 0 Å². The van der Waals surface area contributed by atoms with E-state index in [9.17, 15) is 0 Å². The van der Waals surface area contributed by atoms with Gasteiger partial charge in [0.1, 0.15) is 0 Å². The summed E-state index contributed by atoms with van der Waals surface area (Å²) in [6, 6.07) is 72.9. The molecule has 0 N–H and O–H groups in total. The van der Waals surface area contributed by atoms with Crippen LogP contribution in [0.25, 0.3) is 75.1 Å². The zero-order valence-corrected chi connectivity index (χ0v) is 29.2. The van der Waals surface area contributed by atoms with Crippen LogP contribution in [0.3, 0.4) is 0 Å². The molecule has 0 aliphatic rings. The smallest absolute Gasteiger partial charge is 0.0476 e. The van der Waals surface area contributed by atoms with Crippen LogP contribution in [0.5, 0.6) is 0 Å². The number of nitrogens with zero attached hydrogens (tertiary/aromatic N) is 1. The van der Waals surface area contributed by atoms with Crippen LogP contribution in [-0.4, -0.2) is 0 Å². The highest BCUT2D eigenvalue weighted by Crippen LogP contribution is 2.42. The number of thiophene rings is 1. The lowest BCUT2D eigenvalue weighted by Crippen LogP contribution is -2.09. The molecule has 0 atom stereocenters. The number of hydrogen-bond donors (Lipinski definition) is 0. The van der Waals surface area contributed by atoms with Gasteiger partial charge in [-0.1, -0.05) is 152 Å². The molecule has 10 aromatic rings. The Morgan fingerprint density at radius 1 is 0.288 bits per heavy atom. The number of benzene rings is 9. The van der Waals surface area contributed by atoms with Gasteiger partial charge in [0, 0.05) is 37.2 Å². The van der Waals surface area contributed by atoms with Crippen molar-refractivity contribution < 1.29 is 0 Å². The maximum Gasteiger partial charge on any atom is 0.0476 e. The van der Waals surface area contributed by atoms with Gasteiger partial charge in [-0.05, 0) is 103 Å². The molecule has 0 bridgehead atoms. The van der Waals surface area contributed by atoms with E-state index in [1.165, 1.54) is 75.1 Å². The lowest BCUT2D eigenvalue weighted by Gasteiger charge is -2.26. The first-order chi connectivity index (χ1) is 25.8. The SMILES string of the molecule is c1ccc(-c2ccc3cccc(-c4ccc(N(c5ccc(-c6cccc7ccccc67)cc5)c5ccc6c(c5)sc5ccccc56)cc4)c3c2)cc1. The third-order valence-corrected chi connectivity index (χ3v) is 11.4. The Morgan fingerprint density at radius 2 is 0.827 bits per heavy atom. The molecule has 9 aromatic carbocycles. The first-order valence-electron chi connectivity index (χ1n) is 17.8. The fourth-order valence-electron chi connectivity index (χ4n) is 7.69. The Balaban J connectivity index is 1.08. The average Bonchev–Trinajstić information content (AvgIpc) is 3.59. The Labute approximate surface area is 307 Å². The quantitative estimate of drug-likeness (QED) is 0.169. The van der Waals surface area contributed by atoms with E-state index in [2.05, 4.69) is 205 Å². The molecule has 2 heteroatoms. The van der Waals surface area contributed by atoms with Crippen LogP contribution < -0.4 is 4.90 Å². The second-order valence-corrected chi connectivity index (χ2v) is 14.4. The van der Waals surface area contributed by atoms with Gasteiger partial charge in [0.25, 0.3) is 0 Å². The van der Waals surface area contributed by atoms with E-state index in [1.54, 1.807) is 0 Å². The van der Waals surface area contributed by atoms with Crippen molar-refractivity contribution in [2.24, 2.45) is 0 Å². The summed E-state index contributed by atoms with van der Waals surface area (Å²) >= 11 is 1.86. The summed E-state index contributed by atoms with van der Waals surface area (Å²) in [5.74, 6) is 0. The van der Waals surface area contributed by atoms with Gasteiger partial charge in [-0.2, -0.15) is 0 Å². The normalized spacial score (nSPS) is 11.5. The highest BCUT2D eigenvalue weighted by Gasteiger charge is 2.16. The third-order valence-electron chi connectivity index (χ3n) is 10.3. The van der Waals surface area contributed by atoms with Gasteiger partial charge < -0.3 is 4.90 Å². The molecular formula is C50H33NS. The second-order valence-electron chi connectivity index (χ2n) is 13.3. The van der Waals surface area contributed by atoms with E-state index in [0.29, 0.717) is 0 Å². The van der Waals surface area contributed by atoms with Gasteiger partial charge in [-0.15, -0.1) is 11.3 Å². The van der Waals surface area contributed by atoms with Crippen molar-refractivity contribution in [1.82, 2.24) is 0 Å². The fraction of sp³-hybridized carbons (Fsp3) is 0. The molecule has 0 radical (unpaired) electrons. The minimum absolute atomic E-state index is 1.12. The average molecular weight is 680 g/mol. The highest BCUT2D eigenvalue weighted by atomic mass is 32.1. The topological polar surface area (TPSA) is 3.24 Å². The maximum atomic E-state index is 2.39. The van der Waals surface area contributed by atoms with Crippen LogP contribution >= 0.6 is 11.3 Å². The van der Waals surface area contributed by atoms with Crippen molar-refractivity contribution in [3.8, 4) is 33.4 Å². The molecule has 0 amide bonds. The standard InChI is InChI=1S/C50H33NS/c1-2-10-34(11-3-1)39-21-20-36-14-9-18-45(48(36)32-39)38-24-28-41(29-25-38)51(42-30-31-47-46-16-6-7-19-49(46)52-50(47)33-42)40-26-22-37(23-27-40)44-17-8-13-35-12-4-5-15-43(35)44/h1-33H. The van der Waals surface area contributed by atoms with Crippen LogP contribution in [0.15, 0.2) is 200 Å². The number of hydrogen-bond acceptors (Lipinski definition) is 2. The molecule has 244 valence electrons. The van der Waals surface area contributed by atoms with Crippen LogP contribution in [0.4, 0.5) is 17.1 Å². The zero-order chi connectivity index (χ0) is 34.4. The van der Waals surface area contributed by atoms with E-state index in [1.807, 2.05) is 11.3 Å². The summed E-state index contributed by atoms with van der Waals surface area (Å²) in [4.78, 5) is 2.39. The number of rotatable bonds is 6. The molecule has 0 saturated heterocycles. The molecule has 52 heavy (non-hydrogen) atoms. The summed E-state index contributed by atoms with van der Waals surface area (Å²) in [6.07, 6.45) is 0.